The monoisotopic (exact) mass is 457 g/mol. The molecule has 0 unspecified atom stereocenters. The molecule has 140 valence electrons. The second-order valence-electron chi connectivity index (χ2n) is 5.53. The van der Waals surface area contributed by atoms with Gasteiger partial charge in [-0.3, -0.25) is 14.9 Å². The Labute approximate surface area is 164 Å². The van der Waals surface area contributed by atoms with E-state index in [2.05, 4.69) is 21.2 Å². The maximum Gasteiger partial charge on any atom is 0.416 e. The molecular weight excluding hydrogens is 447 g/mol. The van der Waals surface area contributed by atoms with Gasteiger partial charge in [0.05, 0.1) is 14.9 Å². The molecule has 0 radical (unpaired) electrons. The number of benzene rings is 2. The van der Waals surface area contributed by atoms with Crippen molar-refractivity contribution in [3.05, 3.63) is 68.5 Å². The third-order valence-corrected chi connectivity index (χ3v) is 5.00. The van der Waals surface area contributed by atoms with Crippen LogP contribution in [0.1, 0.15) is 16.7 Å². The van der Waals surface area contributed by atoms with E-state index in [9.17, 15) is 22.8 Å². The van der Waals surface area contributed by atoms with E-state index in [1.54, 1.807) is 24.3 Å². The fourth-order valence-electron chi connectivity index (χ4n) is 2.25. The molecule has 0 atom stereocenters. The molecule has 0 aromatic heterocycles. The Kier molecular flexibility index (Phi) is 5.61. The average Bonchev–Trinajstić information content (AvgIpc) is 2.91. The highest BCUT2D eigenvalue weighted by Crippen LogP contribution is 2.31. The molecule has 0 spiro atoms. The molecule has 1 heterocycles. The summed E-state index contributed by atoms with van der Waals surface area (Å²) in [7, 11) is 0. The van der Waals surface area contributed by atoms with E-state index in [4.69, 9.17) is 4.74 Å². The van der Waals surface area contributed by atoms with Crippen LogP contribution in [0.15, 0.2) is 51.8 Å². The van der Waals surface area contributed by atoms with Crippen LogP contribution < -0.4 is 10.1 Å². The van der Waals surface area contributed by atoms with Gasteiger partial charge in [0.25, 0.3) is 11.1 Å². The Morgan fingerprint density at radius 2 is 1.81 bits per heavy atom. The second kappa shape index (κ2) is 7.77. The summed E-state index contributed by atoms with van der Waals surface area (Å²) >= 11 is 4.18. The lowest BCUT2D eigenvalue weighted by atomic mass is 10.1. The molecule has 1 aliphatic heterocycles. The number of hydrogen-bond acceptors (Lipinski definition) is 4. The lowest BCUT2D eigenvalue weighted by Crippen LogP contribution is -2.17. The Morgan fingerprint density at radius 3 is 2.37 bits per heavy atom. The summed E-state index contributed by atoms with van der Waals surface area (Å²) in [5.41, 5.74) is 0.576. The van der Waals surface area contributed by atoms with Crippen LogP contribution in [0, 0.1) is 0 Å². The third kappa shape index (κ3) is 4.92. The van der Waals surface area contributed by atoms with E-state index in [1.807, 2.05) is 0 Å². The van der Waals surface area contributed by atoms with Gasteiger partial charge in [-0.25, -0.2) is 0 Å². The van der Waals surface area contributed by atoms with Crippen molar-refractivity contribution in [1.29, 1.82) is 0 Å². The van der Waals surface area contributed by atoms with Gasteiger partial charge < -0.3 is 4.74 Å². The summed E-state index contributed by atoms with van der Waals surface area (Å²) in [5.74, 6) is 0.0559. The lowest BCUT2D eigenvalue weighted by Gasteiger charge is -2.10. The van der Waals surface area contributed by atoms with Crippen LogP contribution in [-0.2, 0) is 17.6 Å². The predicted molar refractivity (Wildman–Crippen MR) is 99.0 cm³/mol. The Morgan fingerprint density at radius 1 is 1.11 bits per heavy atom. The lowest BCUT2D eigenvalue weighted by molar-refractivity contribution is -0.137. The number of nitrogens with one attached hydrogen (secondary N) is 1. The SMILES string of the molecule is O=C1NC(=O)/C(=C/c2ccc(OCc3ccc(C(F)(F)F)cc3)c(Br)c2)S1. The largest absolute Gasteiger partial charge is 0.488 e. The standard InChI is InChI=1S/C18H11BrF3NO3S/c19-13-7-11(8-15-16(24)23-17(25)27-15)3-6-14(13)26-9-10-1-4-12(5-2-10)18(20,21)22/h1-8H,9H2,(H,23,24,25)/b15-8-. The third-order valence-electron chi connectivity index (χ3n) is 3.57. The van der Waals surface area contributed by atoms with E-state index >= 15 is 0 Å². The maximum atomic E-state index is 12.6. The highest BCUT2D eigenvalue weighted by Gasteiger charge is 2.30. The minimum Gasteiger partial charge on any atom is -0.488 e. The van der Waals surface area contributed by atoms with Crippen molar-refractivity contribution in [3.63, 3.8) is 0 Å². The van der Waals surface area contributed by atoms with Crippen molar-refractivity contribution < 1.29 is 27.5 Å². The topological polar surface area (TPSA) is 55.4 Å². The molecule has 9 heteroatoms. The van der Waals surface area contributed by atoms with Crippen LogP contribution >= 0.6 is 27.7 Å². The van der Waals surface area contributed by atoms with Gasteiger partial charge in [-0.2, -0.15) is 13.2 Å². The highest BCUT2D eigenvalue weighted by atomic mass is 79.9. The Bertz CT molecular complexity index is 926. The van der Waals surface area contributed by atoms with Crippen LogP contribution in [0.25, 0.3) is 6.08 Å². The zero-order valence-corrected chi connectivity index (χ0v) is 15.9. The van der Waals surface area contributed by atoms with Crippen molar-refractivity contribution in [2.45, 2.75) is 12.8 Å². The fraction of sp³-hybridized carbons (Fsp3) is 0.111. The zero-order valence-electron chi connectivity index (χ0n) is 13.5. The van der Waals surface area contributed by atoms with Gasteiger partial charge in [-0.1, -0.05) is 18.2 Å². The van der Waals surface area contributed by atoms with E-state index in [0.717, 1.165) is 23.9 Å². The number of rotatable bonds is 4. The van der Waals surface area contributed by atoms with Crippen LogP contribution in [0.3, 0.4) is 0 Å². The van der Waals surface area contributed by atoms with Crippen LogP contribution in [0.2, 0.25) is 0 Å². The maximum absolute atomic E-state index is 12.6. The number of halogens is 4. The van der Waals surface area contributed by atoms with E-state index < -0.39 is 22.9 Å². The molecule has 27 heavy (non-hydrogen) atoms. The van der Waals surface area contributed by atoms with E-state index in [1.165, 1.54) is 12.1 Å². The van der Waals surface area contributed by atoms with Gasteiger partial charge in [0, 0.05) is 0 Å². The van der Waals surface area contributed by atoms with Gasteiger partial charge in [0.2, 0.25) is 0 Å². The summed E-state index contributed by atoms with van der Waals surface area (Å²) in [5, 5.41) is 1.76. The minimum absolute atomic E-state index is 0.101. The molecule has 2 aromatic carbocycles. The molecule has 0 aliphatic carbocycles. The summed E-state index contributed by atoms with van der Waals surface area (Å²) < 4.78 is 43.9. The molecular formula is C18H11BrF3NO3S. The van der Waals surface area contributed by atoms with Crippen molar-refractivity contribution in [2.24, 2.45) is 0 Å². The first kappa shape index (κ1) is 19.5. The molecule has 1 fully saturated rings. The summed E-state index contributed by atoms with van der Waals surface area (Å²) in [4.78, 5) is 23.0. The minimum atomic E-state index is -4.37. The number of thioether (sulfide) groups is 1. The van der Waals surface area contributed by atoms with E-state index in [0.29, 0.717) is 26.3 Å². The fourth-order valence-corrected chi connectivity index (χ4v) is 3.44. The van der Waals surface area contributed by atoms with E-state index in [-0.39, 0.29) is 6.61 Å². The molecule has 2 amide bonds. The molecule has 0 saturated carbocycles. The number of hydrogen-bond donors (Lipinski definition) is 1. The van der Waals surface area contributed by atoms with Crippen LogP contribution in [0.5, 0.6) is 5.75 Å². The molecule has 4 nitrogen and oxygen atoms in total. The molecule has 0 bridgehead atoms. The molecule has 1 aliphatic rings. The van der Waals surface area contributed by atoms with Crippen molar-refractivity contribution in [3.8, 4) is 5.75 Å². The summed E-state index contributed by atoms with van der Waals surface area (Å²) in [6.45, 7) is 0.101. The quantitative estimate of drug-likeness (QED) is 0.626. The molecule has 2 aromatic rings. The van der Waals surface area contributed by atoms with Crippen molar-refractivity contribution in [1.82, 2.24) is 5.32 Å². The summed E-state index contributed by atoms with van der Waals surface area (Å²) in [6, 6.07) is 9.83. The zero-order chi connectivity index (χ0) is 19.6. The van der Waals surface area contributed by atoms with Crippen molar-refractivity contribution >= 4 is 44.9 Å². The first-order valence-electron chi connectivity index (χ1n) is 7.56. The van der Waals surface area contributed by atoms with Gasteiger partial charge in [-0.05, 0) is 69.2 Å². The normalized spacial score (nSPS) is 15.9. The predicted octanol–water partition coefficient (Wildman–Crippen LogP) is 5.37. The number of alkyl halides is 3. The first-order valence-corrected chi connectivity index (χ1v) is 9.17. The van der Waals surface area contributed by atoms with Gasteiger partial charge in [0.1, 0.15) is 12.4 Å². The number of amides is 2. The molecule has 3 rings (SSSR count). The second-order valence-corrected chi connectivity index (χ2v) is 7.39. The number of carbonyl (C=O) groups excluding carboxylic acids is 2. The van der Waals surface area contributed by atoms with Crippen LogP contribution in [-0.4, -0.2) is 11.1 Å². The van der Waals surface area contributed by atoms with Gasteiger partial charge in [0.15, 0.2) is 0 Å². The van der Waals surface area contributed by atoms with Crippen LogP contribution in [0.4, 0.5) is 18.0 Å². The Balaban J connectivity index is 1.67. The molecule has 1 saturated heterocycles. The van der Waals surface area contributed by atoms with Gasteiger partial charge >= 0.3 is 6.18 Å². The Hall–Kier alpha value is -2.26. The number of carbonyl (C=O) groups is 2. The summed E-state index contributed by atoms with van der Waals surface area (Å²) in [6.07, 6.45) is -2.79. The van der Waals surface area contributed by atoms with Crippen molar-refractivity contribution in [2.75, 3.05) is 0 Å². The highest BCUT2D eigenvalue weighted by molar-refractivity contribution is 9.10. The smallest absolute Gasteiger partial charge is 0.416 e. The number of ether oxygens (including phenoxy) is 1. The van der Waals surface area contributed by atoms with Gasteiger partial charge in [-0.15, -0.1) is 0 Å². The number of imide groups is 1. The molecule has 1 N–H and O–H groups in total. The first-order chi connectivity index (χ1) is 12.7. The average molecular weight is 458 g/mol.